The fourth-order valence-electron chi connectivity index (χ4n) is 2.27. The highest BCUT2D eigenvalue weighted by atomic mass is 32.2. The monoisotopic (exact) mass is 374 g/mol. The second-order valence-corrected chi connectivity index (χ2v) is 7.39. The first kappa shape index (κ1) is 20.0. The number of imide groups is 1. The van der Waals surface area contributed by atoms with Crippen LogP contribution in [0.15, 0.2) is 41.8 Å². The van der Waals surface area contributed by atoms with Gasteiger partial charge in [0.1, 0.15) is 0 Å². The van der Waals surface area contributed by atoms with Crippen LogP contribution in [0.5, 0.6) is 0 Å². The van der Waals surface area contributed by atoms with Crippen molar-refractivity contribution >= 4 is 23.7 Å². The number of benzene rings is 1. The summed E-state index contributed by atoms with van der Waals surface area (Å²) in [5, 5.41) is 5.75. The second kappa shape index (κ2) is 9.43. The van der Waals surface area contributed by atoms with Crippen molar-refractivity contribution in [3.8, 4) is 5.69 Å². The fourth-order valence-corrected chi connectivity index (χ4v) is 3.04. The van der Waals surface area contributed by atoms with Crippen molar-refractivity contribution in [3.05, 3.63) is 42.2 Å². The first-order chi connectivity index (χ1) is 12.4. The van der Waals surface area contributed by atoms with Crippen LogP contribution in [0.3, 0.4) is 0 Å². The summed E-state index contributed by atoms with van der Waals surface area (Å²) in [6, 6.07) is 7.85. The van der Waals surface area contributed by atoms with Crippen molar-refractivity contribution in [3.63, 3.8) is 0 Å². The Balaban J connectivity index is 1.94. The van der Waals surface area contributed by atoms with Crippen molar-refractivity contribution in [1.82, 2.24) is 20.2 Å². The number of nitrogens with one attached hydrogen (secondary N) is 2. The Kier molecular flexibility index (Phi) is 7.26. The van der Waals surface area contributed by atoms with Crippen LogP contribution in [0.4, 0.5) is 4.79 Å². The molecule has 0 aliphatic carbocycles. The first-order valence-electron chi connectivity index (χ1n) is 8.77. The zero-order valence-electron chi connectivity index (χ0n) is 15.7. The van der Waals surface area contributed by atoms with E-state index in [1.165, 1.54) is 17.3 Å². The zero-order valence-corrected chi connectivity index (χ0v) is 16.5. The van der Waals surface area contributed by atoms with Crippen LogP contribution in [0.1, 0.15) is 45.6 Å². The molecule has 1 aromatic carbocycles. The van der Waals surface area contributed by atoms with Crippen LogP contribution in [0.25, 0.3) is 5.69 Å². The Bertz CT molecular complexity index is 740. The molecule has 26 heavy (non-hydrogen) atoms. The smallest absolute Gasteiger partial charge is 0.321 e. The summed E-state index contributed by atoms with van der Waals surface area (Å²) in [5.41, 5.74) is 2.26. The van der Waals surface area contributed by atoms with Gasteiger partial charge in [0.2, 0.25) is 5.91 Å². The molecule has 0 spiro atoms. The van der Waals surface area contributed by atoms with Crippen molar-refractivity contribution in [2.24, 2.45) is 0 Å². The number of amides is 3. The standard InChI is InChI=1S/C19H26N4O2S/c1-5-14(4)21-18(25)22-17(24)12-26-19-20-10-11-23(19)16-8-6-15(7-9-16)13(2)3/h6-11,13-14H,5,12H2,1-4H3,(H2,21,22,24,25)/t14-/m1/s1. The molecular weight excluding hydrogens is 348 g/mol. The highest BCUT2D eigenvalue weighted by Crippen LogP contribution is 2.22. The lowest BCUT2D eigenvalue weighted by atomic mass is 10.0. The van der Waals surface area contributed by atoms with E-state index in [-0.39, 0.29) is 17.7 Å². The molecule has 0 bridgehead atoms. The highest BCUT2D eigenvalue weighted by Gasteiger charge is 2.13. The number of nitrogens with zero attached hydrogens (tertiary/aromatic N) is 2. The van der Waals surface area contributed by atoms with E-state index in [2.05, 4.69) is 41.6 Å². The van der Waals surface area contributed by atoms with E-state index >= 15 is 0 Å². The number of imidazole rings is 1. The van der Waals surface area contributed by atoms with Gasteiger partial charge in [-0.1, -0.05) is 44.7 Å². The van der Waals surface area contributed by atoms with Crippen LogP contribution >= 0.6 is 11.8 Å². The molecule has 0 unspecified atom stereocenters. The number of urea groups is 1. The minimum atomic E-state index is -0.461. The van der Waals surface area contributed by atoms with Crippen LogP contribution in [0, 0.1) is 0 Å². The third kappa shape index (κ3) is 5.62. The largest absolute Gasteiger partial charge is 0.335 e. The molecule has 0 fully saturated rings. The molecule has 2 aromatic rings. The molecule has 140 valence electrons. The van der Waals surface area contributed by atoms with Gasteiger partial charge in [-0.05, 0) is 37.0 Å². The van der Waals surface area contributed by atoms with Gasteiger partial charge >= 0.3 is 6.03 Å². The lowest BCUT2D eigenvalue weighted by Gasteiger charge is -2.12. The maximum absolute atomic E-state index is 12.0. The Morgan fingerprint density at radius 1 is 1.19 bits per heavy atom. The summed E-state index contributed by atoms with van der Waals surface area (Å²) in [6.45, 7) is 8.17. The molecule has 2 rings (SSSR count). The number of hydrogen-bond acceptors (Lipinski definition) is 4. The summed E-state index contributed by atoms with van der Waals surface area (Å²) in [7, 11) is 0. The molecule has 6 nitrogen and oxygen atoms in total. The predicted octanol–water partition coefficient (Wildman–Crippen LogP) is 3.71. The average molecular weight is 375 g/mol. The Morgan fingerprint density at radius 2 is 1.88 bits per heavy atom. The Hall–Kier alpha value is -2.28. The van der Waals surface area contributed by atoms with E-state index < -0.39 is 6.03 Å². The average Bonchev–Trinajstić information content (AvgIpc) is 3.08. The van der Waals surface area contributed by atoms with Gasteiger partial charge in [0, 0.05) is 24.1 Å². The molecule has 3 amide bonds. The minimum Gasteiger partial charge on any atom is -0.335 e. The lowest BCUT2D eigenvalue weighted by Crippen LogP contribution is -2.43. The molecule has 1 heterocycles. The Labute approximate surface area is 158 Å². The third-order valence-corrected chi connectivity index (χ3v) is 4.99. The van der Waals surface area contributed by atoms with Crippen molar-refractivity contribution in [1.29, 1.82) is 0 Å². The van der Waals surface area contributed by atoms with Gasteiger partial charge in [0.25, 0.3) is 0 Å². The van der Waals surface area contributed by atoms with Gasteiger partial charge in [0.05, 0.1) is 5.75 Å². The lowest BCUT2D eigenvalue weighted by molar-refractivity contribution is -0.117. The number of hydrogen-bond donors (Lipinski definition) is 2. The quantitative estimate of drug-likeness (QED) is 0.725. The Morgan fingerprint density at radius 3 is 2.50 bits per heavy atom. The van der Waals surface area contributed by atoms with E-state index in [1.807, 2.05) is 36.7 Å². The molecular formula is C19H26N4O2S. The molecule has 0 saturated heterocycles. The molecule has 7 heteroatoms. The second-order valence-electron chi connectivity index (χ2n) is 6.45. The number of aromatic nitrogens is 2. The normalized spacial score (nSPS) is 12.0. The maximum Gasteiger partial charge on any atom is 0.321 e. The molecule has 0 aliphatic heterocycles. The first-order valence-corrected chi connectivity index (χ1v) is 9.76. The van der Waals surface area contributed by atoms with Crippen LogP contribution < -0.4 is 10.6 Å². The van der Waals surface area contributed by atoms with Gasteiger partial charge in [-0.2, -0.15) is 0 Å². The SMILES string of the molecule is CC[C@@H](C)NC(=O)NC(=O)CSc1nccn1-c1ccc(C(C)C)cc1. The van der Waals surface area contributed by atoms with Gasteiger partial charge < -0.3 is 5.32 Å². The zero-order chi connectivity index (χ0) is 19.1. The van der Waals surface area contributed by atoms with E-state index in [0.717, 1.165) is 12.1 Å². The third-order valence-electron chi connectivity index (χ3n) is 4.02. The maximum atomic E-state index is 12.0. The van der Waals surface area contributed by atoms with E-state index in [1.54, 1.807) is 6.20 Å². The molecule has 0 radical (unpaired) electrons. The number of thioether (sulfide) groups is 1. The molecule has 1 atom stereocenters. The van der Waals surface area contributed by atoms with Crippen molar-refractivity contribution in [2.45, 2.75) is 51.2 Å². The number of carbonyl (C=O) groups excluding carboxylic acids is 2. The van der Waals surface area contributed by atoms with Gasteiger partial charge in [-0.3, -0.25) is 14.7 Å². The van der Waals surface area contributed by atoms with E-state index in [0.29, 0.717) is 11.1 Å². The van der Waals surface area contributed by atoms with Crippen LogP contribution in [-0.4, -0.2) is 33.3 Å². The van der Waals surface area contributed by atoms with Crippen molar-refractivity contribution < 1.29 is 9.59 Å². The summed E-state index contributed by atoms with van der Waals surface area (Å²) in [6.07, 6.45) is 4.37. The van der Waals surface area contributed by atoms with Crippen LogP contribution in [-0.2, 0) is 4.79 Å². The van der Waals surface area contributed by atoms with Crippen LogP contribution in [0.2, 0.25) is 0 Å². The summed E-state index contributed by atoms with van der Waals surface area (Å²) in [4.78, 5) is 28.0. The van der Waals surface area contributed by atoms with Gasteiger partial charge in [0.15, 0.2) is 5.16 Å². The molecule has 0 saturated carbocycles. The van der Waals surface area contributed by atoms with Gasteiger partial charge in [-0.15, -0.1) is 0 Å². The van der Waals surface area contributed by atoms with Gasteiger partial charge in [-0.25, -0.2) is 9.78 Å². The summed E-state index contributed by atoms with van der Waals surface area (Å²) < 4.78 is 1.93. The highest BCUT2D eigenvalue weighted by molar-refractivity contribution is 7.99. The fraction of sp³-hybridized carbons (Fsp3) is 0.421. The molecule has 2 N–H and O–H groups in total. The predicted molar refractivity (Wildman–Crippen MR) is 105 cm³/mol. The minimum absolute atomic E-state index is 0.0307. The molecule has 0 aliphatic rings. The number of carbonyl (C=O) groups is 2. The summed E-state index contributed by atoms with van der Waals surface area (Å²) in [5.74, 6) is 0.251. The topological polar surface area (TPSA) is 76.0 Å². The van der Waals surface area contributed by atoms with E-state index in [4.69, 9.17) is 0 Å². The molecule has 1 aromatic heterocycles. The van der Waals surface area contributed by atoms with E-state index in [9.17, 15) is 9.59 Å². The van der Waals surface area contributed by atoms with Crippen molar-refractivity contribution in [2.75, 3.05) is 5.75 Å². The number of rotatable bonds is 7. The summed E-state index contributed by atoms with van der Waals surface area (Å²) >= 11 is 1.29.